The van der Waals surface area contributed by atoms with Gasteiger partial charge in [0.05, 0.1) is 12.2 Å². The van der Waals surface area contributed by atoms with Gasteiger partial charge in [-0.25, -0.2) is 22.5 Å². The maximum absolute atomic E-state index is 13.9. The van der Waals surface area contributed by atoms with Crippen LogP contribution in [0.25, 0.3) is 0 Å². The van der Waals surface area contributed by atoms with Crippen molar-refractivity contribution in [1.82, 2.24) is 14.8 Å². The van der Waals surface area contributed by atoms with Crippen molar-refractivity contribution in [3.8, 4) is 0 Å². The van der Waals surface area contributed by atoms with Crippen molar-refractivity contribution >= 4 is 11.8 Å². The van der Waals surface area contributed by atoms with Gasteiger partial charge in [0.15, 0.2) is 17.1 Å². The number of hydrogen-bond acceptors (Lipinski definition) is 4. The van der Waals surface area contributed by atoms with Gasteiger partial charge in [-0.1, -0.05) is 0 Å². The molecule has 5 rings (SSSR count). The first-order valence-electron chi connectivity index (χ1n) is 10.3. The second-order valence-corrected chi connectivity index (χ2v) is 8.35. The van der Waals surface area contributed by atoms with E-state index in [0.717, 1.165) is 12.3 Å². The first-order chi connectivity index (χ1) is 15.3. The van der Waals surface area contributed by atoms with E-state index < -0.39 is 52.7 Å². The SMILES string of the molecule is O=C(c1ncc(F)cc1F)N1CCC2(CC1)O[C@@H]1CC[C@@H](c3cc(F)cc(F)c3)N1C2=O. The Kier molecular flexibility index (Phi) is 4.92. The quantitative estimate of drug-likeness (QED) is 0.660. The zero-order valence-electron chi connectivity index (χ0n) is 16.9. The molecule has 3 aliphatic rings. The summed E-state index contributed by atoms with van der Waals surface area (Å²) in [5.74, 6) is -4.30. The maximum Gasteiger partial charge on any atom is 0.275 e. The third-order valence-electron chi connectivity index (χ3n) is 6.46. The molecule has 2 aromatic rings. The molecule has 0 unspecified atom stereocenters. The highest BCUT2D eigenvalue weighted by atomic mass is 19.1. The van der Waals surface area contributed by atoms with Crippen molar-refractivity contribution in [3.63, 3.8) is 0 Å². The van der Waals surface area contributed by atoms with E-state index in [0.29, 0.717) is 24.5 Å². The Morgan fingerprint density at radius 3 is 2.34 bits per heavy atom. The van der Waals surface area contributed by atoms with Gasteiger partial charge in [-0.15, -0.1) is 0 Å². The van der Waals surface area contributed by atoms with E-state index in [2.05, 4.69) is 4.98 Å². The van der Waals surface area contributed by atoms with Gasteiger partial charge in [0, 0.05) is 38.1 Å². The Labute approximate surface area is 180 Å². The van der Waals surface area contributed by atoms with E-state index in [1.807, 2.05) is 0 Å². The molecule has 0 aliphatic carbocycles. The van der Waals surface area contributed by atoms with Crippen molar-refractivity contribution < 1.29 is 31.9 Å². The fourth-order valence-electron chi connectivity index (χ4n) is 4.93. The van der Waals surface area contributed by atoms with Gasteiger partial charge >= 0.3 is 0 Å². The second kappa shape index (κ2) is 7.54. The number of amides is 2. The summed E-state index contributed by atoms with van der Waals surface area (Å²) in [5.41, 5.74) is -1.24. The van der Waals surface area contributed by atoms with Gasteiger partial charge in [-0.05, 0) is 30.5 Å². The van der Waals surface area contributed by atoms with Crippen LogP contribution in [0.1, 0.15) is 47.8 Å². The number of aromatic nitrogens is 1. The molecule has 10 heteroatoms. The smallest absolute Gasteiger partial charge is 0.275 e. The summed E-state index contributed by atoms with van der Waals surface area (Å²) < 4.78 is 60.6. The fraction of sp³-hybridized carbons (Fsp3) is 0.409. The highest BCUT2D eigenvalue weighted by Gasteiger charge is 2.58. The van der Waals surface area contributed by atoms with Crippen molar-refractivity contribution in [2.24, 2.45) is 0 Å². The average Bonchev–Trinajstić information content (AvgIpc) is 3.26. The number of hydrogen-bond donors (Lipinski definition) is 0. The van der Waals surface area contributed by atoms with Crippen LogP contribution in [0.4, 0.5) is 17.6 Å². The van der Waals surface area contributed by atoms with Gasteiger partial charge in [0.1, 0.15) is 23.7 Å². The Morgan fingerprint density at radius 1 is 1.00 bits per heavy atom. The largest absolute Gasteiger partial charge is 0.342 e. The molecule has 6 nitrogen and oxygen atoms in total. The summed E-state index contributed by atoms with van der Waals surface area (Å²) in [6.07, 6.45) is 1.71. The lowest BCUT2D eigenvalue weighted by Crippen LogP contribution is -2.51. The maximum atomic E-state index is 13.9. The Balaban J connectivity index is 1.32. The van der Waals surface area contributed by atoms with Gasteiger partial charge in [-0.3, -0.25) is 9.59 Å². The van der Waals surface area contributed by atoms with Crippen LogP contribution in [0.2, 0.25) is 0 Å². The van der Waals surface area contributed by atoms with E-state index in [4.69, 9.17) is 4.74 Å². The first-order valence-corrected chi connectivity index (χ1v) is 10.3. The summed E-state index contributed by atoms with van der Waals surface area (Å²) in [5, 5.41) is 0. The van der Waals surface area contributed by atoms with Crippen molar-refractivity contribution in [1.29, 1.82) is 0 Å². The molecule has 3 aliphatic heterocycles. The standard InChI is InChI=1S/C22H19F4N3O3/c23-13-7-12(8-14(24)9-13)17-1-2-18-29(17)21(31)22(32-18)3-5-28(6-4-22)20(30)19-16(26)10-15(25)11-27-19/h7-11,17-18H,1-6H2/t17-,18+/m0/s1. The zero-order chi connectivity index (χ0) is 22.6. The molecule has 3 fully saturated rings. The number of benzene rings is 1. The number of piperidine rings is 1. The number of pyridine rings is 1. The second-order valence-electron chi connectivity index (χ2n) is 8.35. The molecule has 168 valence electrons. The molecule has 32 heavy (non-hydrogen) atoms. The molecule has 1 spiro atoms. The molecule has 2 atom stereocenters. The Bertz CT molecular complexity index is 1080. The summed E-state index contributed by atoms with van der Waals surface area (Å²) in [7, 11) is 0. The van der Waals surface area contributed by atoms with Crippen molar-refractivity contribution in [2.45, 2.75) is 43.6 Å². The normalized spacial score (nSPS) is 24.3. The number of fused-ring (bicyclic) bond motifs is 1. The molecule has 0 bridgehead atoms. The van der Waals surface area contributed by atoms with E-state index in [-0.39, 0.29) is 31.8 Å². The molecule has 0 N–H and O–H groups in total. The number of ether oxygens (including phenoxy) is 1. The number of carbonyl (C=O) groups excluding carboxylic acids is 2. The minimum Gasteiger partial charge on any atom is -0.342 e. The van der Waals surface area contributed by atoms with Crippen LogP contribution in [0.15, 0.2) is 30.5 Å². The van der Waals surface area contributed by atoms with Crippen molar-refractivity contribution in [2.75, 3.05) is 13.1 Å². The number of nitrogens with zero attached hydrogens (tertiary/aromatic N) is 3. The monoisotopic (exact) mass is 449 g/mol. The molecular weight excluding hydrogens is 430 g/mol. The number of rotatable bonds is 2. The van der Waals surface area contributed by atoms with Gasteiger partial charge in [-0.2, -0.15) is 0 Å². The lowest BCUT2D eigenvalue weighted by molar-refractivity contribution is -0.142. The minimum absolute atomic E-state index is 0.128. The first kappa shape index (κ1) is 20.9. The third kappa shape index (κ3) is 3.33. The predicted molar refractivity (Wildman–Crippen MR) is 102 cm³/mol. The minimum atomic E-state index is -1.14. The summed E-state index contributed by atoms with van der Waals surface area (Å²) >= 11 is 0. The molecule has 4 heterocycles. The number of carbonyl (C=O) groups is 2. The van der Waals surface area contributed by atoms with Gasteiger partial charge in [0.25, 0.3) is 11.8 Å². The van der Waals surface area contributed by atoms with Crippen LogP contribution in [0, 0.1) is 23.3 Å². The van der Waals surface area contributed by atoms with Crippen LogP contribution < -0.4 is 0 Å². The van der Waals surface area contributed by atoms with E-state index in [1.54, 1.807) is 4.90 Å². The fourth-order valence-corrected chi connectivity index (χ4v) is 4.93. The Hall–Kier alpha value is -3.01. The summed E-state index contributed by atoms with van der Waals surface area (Å²) in [4.78, 5) is 32.4. The lowest BCUT2D eigenvalue weighted by Gasteiger charge is -2.37. The lowest BCUT2D eigenvalue weighted by atomic mass is 9.89. The predicted octanol–water partition coefficient (Wildman–Crippen LogP) is 3.33. The van der Waals surface area contributed by atoms with E-state index >= 15 is 0 Å². The third-order valence-corrected chi connectivity index (χ3v) is 6.46. The molecule has 1 aromatic carbocycles. The molecule has 0 saturated carbocycles. The topological polar surface area (TPSA) is 62.7 Å². The molecule has 2 amide bonds. The molecular formula is C22H19F4N3O3. The molecule has 1 aromatic heterocycles. The number of halogens is 4. The Morgan fingerprint density at radius 2 is 1.69 bits per heavy atom. The van der Waals surface area contributed by atoms with Crippen LogP contribution in [0.5, 0.6) is 0 Å². The molecule has 0 radical (unpaired) electrons. The summed E-state index contributed by atoms with van der Waals surface area (Å²) in [6, 6.07) is 3.33. The van der Waals surface area contributed by atoms with Crippen LogP contribution in [0.3, 0.4) is 0 Å². The van der Waals surface area contributed by atoms with Crippen LogP contribution >= 0.6 is 0 Å². The summed E-state index contributed by atoms with van der Waals surface area (Å²) in [6.45, 7) is 0.256. The average molecular weight is 449 g/mol. The van der Waals surface area contributed by atoms with E-state index in [1.165, 1.54) is 17.0 Å². The highest BCUT2D eigenvalue weighted by Crippen LogP contribution is 2.47. The molecule has 3 saturated heterocycles. The highest BCUT2D eigenvalue weighted by molar-refractivity contribution is 5.93. The van der Waals surface area contributed by atoms with Gasteiger partial charge < -0.3 is 14.5 Å². The number of likely N-dealkylation sites (tertiary alicyclic amines) is 1. The van der Waals surface area contributed by atoms with Crippen molar-refractivity contribution in [3.05, 3.63) is 65.0 Å². The van der Waals surface area contributed by atoms with Gasteiger partial charge in [0.2, 0.25) is 0 Å². The van der Waals surface area contributed by atoms with E-state index in [9.17, 15) is 27.2 Å². The van der Waals surface area contributed by atoms with Crippen LogP contribution in [-0.4, -0.2) is 51.5 Å². The van der Waals surface area contributed by atoms with Crippen LogP contribution in [-0.2, 0) is 9.53 Å². The zero-order valence-corrected chi connectivity index (χ0v) is 16.9.